The summed E-state index contributed by atoms with van der Waals surface area (Å²) in [4.78, 5) is 17.6. The van der Waals surface area contributed by atoms with Crippen molar-refractivity contribution in [1.82, 2.24) is 15.1 Å². The van der Waals surface area contributed by atoms with Crippen LogP contribution in [0.4, 0.5) is 5.69 Å². The molecule has 6 rings (SSSR count). The quantitative estimate of drug-likeness (QED) is 0.625. The number of nitriles is 1. The number of hydrogen-bond acceptors (Lipinski definition) is 6. The van der Waals surface area contributed by atoms with Crippen molar-refractivity contribution >= 4 is 29.0 Å². The average molecular weight is 523 g/mol. The first-order chi connectivity index (χ1) is 17.9. The molecule has 0 bridgehead atoms. The molecule has 1 spiro atoms. The van der Waals surface area contributed by atoms with E-state index in [-0.39, 0.29) is 11.8 Å². The van der Waals surface area contributed by atoms with Gasteiger partial charge < -0.3 is 15.1 Å². The number of carbonyl (C=O) groups excluding carboxylic acids is 1. The van der Waals surface area contributed by atoms with Crippen LogP contribution in [0.2, 0.25) is 5.02 Å². The van der Waals surface area contributed by atoms with Crippen molar-refractivity contribution in [2.75, 3.05) is 38.2 Å². The number of anilines is 1. The van der Waals surface area contributed by atoms with Crippen molar-refractivity contribution in [3.63, 3.8) is 0 Å². The van der Waals surface area contributed by atoms with E-state index in [1.54, 1.807) is 0 Å². The van der Waals surface area contributed by atoms with E-state index in [0.29, 0.717) is 34.0 Å². The fourth-order valence-electron chi connectivity index (χ4n) is 7.59. The summed E-state index contributed by atoms with van der Waals surface area (Å²) >= 11 is 6.40. The van der Waals surface area contributed by atoms with Crippen LogP contribution in [0, 0.1) is 28.6 Å². The van der Waals surface area contributed by atoms with Gasteiger partial charge in [-0.15, -0.1) is 0 Å². The Labute approximate surface area is 225 Å². The van der Waals surface area contributed by atoms with E-state index in [0.717, 1.165) is 70.4 Å². The SMILES string of the molecule is CN1CC[C@H](NC(=O)C2CC3(CCN(C4=NN(c5ccc(C#N)c(Cl)c5)C(C5CCCC5)C4)CC3)C2)C1. The Morgan fingerprint density at radius 3 is 2.57 bits per heavy atom. The highest BCUT2D eigenvalue weighted by molar-refractivity contribution is 6.32. The highest BCUT2D eigenvalue weighted by Crippen LogP contribution is 2.53. The number of benzene rings is 1. The topological polar surface area (TPSA) is 75.0 Å². The van der Waals surface area contributed by atoms with Crippen LogP contribution in [0.15, 0.2) is 23.3 Å². The monoisotopic (exact) mass is 522 g/mol. The van der Waals surface area contributed by atoms with Crippen LogP contribution in [0.1, 0.15) is 69.8 Å². The third-order valence-electron chi connectivity index (χ3n) is 9.87. The molecule has 2 aliphatic carbocycles. The number of piperidine rings is 1. The highest BCUT2D eigenvalue weighted by Gasteiger charge is 2.49. The summed E-state index contributed by atoms with van der Waals surface area (Å²) in [6.07, 6.45) is 11.6. The number of nitrogens with zero attached hydrogens (tertiary/aromatic N) is 5. The van der Waals surface area contributed by atoms with Gasteiger partial charge in [-0.25, -0.2) is 0 Å². The Morgan fingerprint density at radius 2 is 1.92 bits per heavy atom. The summed E-state index contributed by atoms with van der Waals surface area (Å²) in [6, 6.07) is 8.58. The Morgan fingerprint density at radius 1 is 1.16 bits per heavy atom. The Kier molecular flexibility index (Phi) is 6.83. The van der Waals surface area contributed by atoms with Crippen molar-refractivity contribution in [3.8, 4) is 6.07 Å². The van der Waals surface area contributed by atoms with Crippen molar-refractivity contribution < 1.29 is 4.79 Å². The van der Waals surface area contributed by atoms with E-state index < -0.39 is 0 Å². The number of hydrogen-bond donors (Lipinski definition) is 1. The van der Waals surface area contributed by atoms with Gasteiger partial charge in [-0.3, -0.25) is 9.80 Å². The molecule has 2 saturated heterocycles. The molecule has 1 amide bonds. The number of amidine groups is 1. The van der Waals surface area contributed by atoms with Crippen LogP contribution in [-0.4, -0.2) is 66.9 Å². The zero-order valence-corrected chi connectivity index (χ0v) is 22.7. The standard InChI is InChI=1S/C29H39ClN6O/c1-34-11-8-23(19-34)32-28(37)22-16-29(17-22)9-12-35(13-10-29)27-15-26(20-4-2-3-5-20)36(33-27)24-7-6-21(18-31)25(30)14-24/h6-7,14,20,22-23,26H,2-5,8-13,15-17,19H2,1H3,(H,32,37)/t23-,26?/m0/s1. The molecule has 2 saturated carbocycles. The second kappa shape index (κ2) is 10.1. The summed E-state index contributed by atoms with van der Waals surface area (Å²) in [5, 5.41) is 20.5. The summed E-state index contributed by atoms with van der Waals surface area (Å²) in [5.74, 6) is 2.33. The number of halogens is 1. The third-order valence-corrected chi connectivity index (χ3v) is 10.2. The first-order valence-corrected chi connectivity index (χ1v) is 14.6. The van der Waals surface area contributed by atoms with Crippen LogP contribution in [0.5, 0.6) is 0 Å². The van der Waals surface area contributed by atoms with Gasteiger partial charge in [0.2, 0.25) is 5.91 Å². The number of nitrogens with one attached hydrogen (secondary N) is 1. The Hall–Kier alpha value is -2.30. The largest absolute Gasteiger partial charge is 0.359 e. The second-order valence-corrected chi connectivity index (χ2v) is 12.7. The lowest BCUT2D eigenvalue weighted by Crippen LogP contribution is -2.53. The first-order valence-electron chi connectivity index (χ1n) is 14.2. The molecule has 1 aromatic rings. The second-order valence-electron chi connectivity index (χ2n) is 12.3. The fourth-order valence-corrected chi connectivity index (χ4v) is 7.81. The predicted molar refractivity (Wildman–Crippen MR) is 146 cm³/mol. The zero-order valence-electron chi connectivity index (χ0n) is 22.0. The van der Waals surface area contributed by atoms with E-state index in [9.17, 15) is 10.1 Å². The number of likely N-dealkylation sites (N-methyl/N-ethyl adjacent to an activating group) is 1. The van der Waals surface area contributed by atoms with Gasteiger partial charge in [0.1, 0.15) is 11.9 Å². The van der Waals surface area contributed by atoms with Gasteiger partial charge in [-0.2, -0.15) is 10.4 Å². The number of rotatable bonds is 4. The maximum atomic E-state index is 12.8. The van der Waals surface area contributed by atoms with Crippen molar-refractivity contribution in [3.05, 3.63) is 28.8 Å². The van der Waals surface area contributed by atoms with E-state index in [4.69, 9.17) is 16.7 Å². The normalized spacial score (nSPS) is 28.4. The molecule has 5 aliphatic rings. The predicted octanol–water partition coefficient (Wildman–Crippen LogP) is 4.61. The van der Waals surface area contributed by atoms with Crippen LogP contribution in [0.25, 0.3) is 0 Å². The molecule has 0 aromatic heterocycles. The fraction of sp³-hybridized carbons (Fsp3) is 0.690. The van der Waals surface area contributed by atoms with Crippen molar-refractivity contribution in [2.24, 2.45) is 22.4 Å². The van der Waals surface area contributed by atoms with E-state index in [1.807, 2.05) is 18.2 Å². The molecule has 198 valence electrons. The van der Waals surface area contributed by atoms with Gasteiger partial charge in [0.15, 0.2) is 0 Å². The van der Waals surface area contributed by atoms with Gasteiger partial charge in [0, 0.05) is 38.0 Å². The van der Waals surface area contributed by atoms with Gasteiger partial charge in [-0.1, -0.05) is 24.4 Å². The minimum Gasteiger partial charge on any atom is -0.359 e. The summed E-state index contributed by atoms with van der Waals surface area (Å²) in [6.45, 7) is 4.12. The van der Waals surface area contributed by atoms with Crippen molar-refractivity contribution in [1.29, 1.82) is 5.26 Å². The van der Waals surface area contributed by atoms with Gasteiger partial charge in [0.05, 0.1) is 22.3 Å². The van der Waals surface area contributed by atoms with Crippen LogP contribution in [0.3, 0.4) is 0 Å². The van der Waals surface area contributed by atoms with E-state index in [2.05, 4.69) is 33.2 Å². The molecule has 3 aliphatic heterocycles. The van der Waals surface area contributed by atoms with Crippen LogP contribution < -0.4 is 10.3 Å². The molecular weight excluding hydrogens is 484 g/mol. The van der Waals surface area contributed by atoms with Crippen LogP contribution >= 0.6 is 11.6 Å². The van der Waals surface area contributed by atoms with Gasteiger partial charge >= 0.3 is 0 Å². The minimum atomic E-state index is 0.199. The molecule has 1 unspecified atom stereocenters. The zero-order chi connectivity index (χ0) is 25.6. The molecule has 1 N–H and O–H groups in total. The van der Waals surface area contributed by atoms with E-state index in [1.165, 1.54) is 31.5 Å². The molecule has 1 aromatic carbocycles. The number of amides is 1. The lowest BCUT2D eigenvalue weighted by molar-refractivity contribution is -0.135. The average Bonchev–Trinajstić information content (AvgIpc) is 3.63. The van der Waals surface area contributed by atoms with Gasteiger partial charge in [0.25, 0.3) is 0 Å². The molecule has 2 atom stereocenters. The molecule has 7 nitrogen and oxygen atoms in total. The van der Waals surface area contributed by atoms with Crippen molar-refractivity contribution in [2.45, 2.75) is 76.3 Å². The van der Waals surface area contributed by atoms with Crippen LogP contribution in [-0.2, 0) is 4.79 Å². The summed E-state index contributed by atoms with van der Waals surface area (Å²) < 4.78 is 0. The molecular formula is C29H39ClN6O. The maximum absolute atomic E-state index is 12.8. The lowest BCUT2D eigenvalue weighted by atomic mass is 9.57. The summed E-state index contributed by atoms with van der Waals surface area (Å²) in [5.41, 5.74) is 1.84. The molecule has 0 radical (unpaired) electrons. The minimum absolute atomic E-state index is 0.199. The number of likely N-dealkylation sites (tertiary alicyclic amines) is 2. The van der Waals surface area contributed by atoms with E-state index >= 15 is 0 Å². The molecule has 4 fully saturated rings. The first kappa shape index (κ1) is 25.0. The highest BCUT2D eigenvalue weighted by atomic mass is 35.5. The Balaban J connectivity index is 1.08. The summed E-state index contributed by atoms with van der Waals surface area (Å²) in [7, 11) is 2.13. The smallest absolute Gasteiger partial charge is 0.223 e. The molecule has 3 heterocycles. The number of carbonyl (C=O) groups is 1. The molecule has 37 heavy (non-hydrogen) atoms. The number of hydrazone groups is 1. The Bertz CT molecular complexity index is 1090. The maximum Gasteiger partial charge on any atom is 0.223 e. The van der Waals surface area contributed by atoms with Gasteiger partial charge in [-0.05, 0) is 88.1 Å². The molecule has 8 heteroatoms. The lowest BCUT2D eigenvalue weighted by Gasteiger charge is -2.52. The third kappa shape index (κ3) is 4.95.